The molecule has 2 fully saturated rings. The molecule has 2 atom stereocenters. The summed E-state index contributed by atoms with van der Waals surface area (Å²) in [7, 11) is 0. The van der Waals surface area contributed by atoms with Crippen LogP contribution in [0.15, 0.2) is 0 Å². The van der Waals surface area contributed by atoms with E-state index in [1.54, 1.807) is 0 Å². The Morgan fingerprint density at radius 3 is 2.94 bits per heavy atom. The molecule has 0 aliphatic carbocycles. The van der Waals surface area contributed by atoms with Crippen LogP contribution >= 0.6 is 15.9 Å². The van der Waals surface area contributed by atoms with Crippen molar-refractivity contribution >= 4 is 15.9 Å². The van der Waals surface area contributed by atoms with Gasteiger partial charge in [-0.3, -0.25) is 0 Å². The lowest BCUT2D eigenvalue weighted by molar-refractivity contribution is 0.0959. The third kappa shape index (κ3) is 4.01. The molecule has 0 radical (unpaired) electrons. The Balaban J connectivity index is 1.58. The predicted molar refractivity (Wildman–Crippen MR) is 71.2 cm³/mol. The van der Waals surface area contributed by atoms with Crippen LogP contribution in [0.1, 0.15) is 38.5 Å². The molecular formula is C13H24BrNO. The Morgan fingerprint density at radius 2 is 2.19 bits per heavy atom. The molecule has 0 amide bonds. The summed E-state index contributed by atoms with van der Waals surface area (Å²) in [5.74, 6) is 0.886. The first-order valence-corrected chi connectivity index (χ1v) is 7.90. The number of hydrogen-bond acceptors (Lipinski definition) is 2. The number of alkyl halides is 1. The van der Waals surface area contributed by atoms with E-state index in [1.807, 2.05) is 0 Å². The molecule has 0 bridgehead atoms. The van der Waals surface area contributed by atoms with Crippen LogP contribution in [0, 0.1) is 5.92 Å². The van der Waals surface area contributed by atoms with Crippen LogP contribution in [0.4, 0.5) is 0 Å². The number of piperidine rings is 1. The SMILES string of the molecule is BrCC1CCCN(CCCC2CCCO2)C1. The van der Waals surface area contributed by atoms with Crippen molar-refractivity contribution < 1.29 is 4.74 Å². The molecule has 16 heavy (non-hydrogen) atoms. The van der Waals surface area contributed by atoms with Gasteiger partial charge in [0.05, 0.1) is 6.10 Å². The van der Waals surface area contributed by atoms with Gasteiger partial charge in [0.15, 0.2) is 0 Å². The van der Waals surface area contributed by atoms with E-state index in [-0.39, 0.29) is 0 Å². The van der Waals surface area contributed by atoms with E-state index in [1.165, 1.54) is 63.5 Å². The molecule has 2 saturated heterocycles. The van der Waals surface area contributed by atoms with Gasteiger partial charge in [0.25, 0.3) is 0 Å². The minimum atomic E-state index is 0.580. The van der Waals surface area contributed by atoms with Crippen LogP contribution in [0.5, 0.6) is 0 Å². The molecular weight excluding hydrogens is 266 g/mol. The van der Waals surface area contributed by atoms with Gasteiger partial charge in [-0.25, -0.2) is 0 Å². The van der Waals surface area contributed by atoms with E-state index >= 15 is 0 Å². The van der Waals surface area contributed by atoms with Crippen molar-refractivity contribution in [3.63, 3.8) is 0 Å². The van der Waals surface area contributed by atoms with Crippen molar-refractivity contribution in [2.24, 2.45) is 5.92 Å². The van der Waals surface area contributed by atoms with Crippen molar-refractivity contribution in [1.29, 1.82) is 0 Å². The second-order valence-corrected chi connectivity index (χ2v) is 5.89. The van der Waals surface area contributed by atoms with E-state index in [2.05, 4.69) is 20.8 Å². The highest BCUT2D eigenvalue weighted by Crippen LogP contribution is 2.20. The lowest BCUT2D eigenvalue weighted by Gasteiger charge is -2.32. The van der Waals surface area contributed by atoms with Crippen molar-refractivity contribution in [1.82, 2.24) is 4.90 Å². The normalized spacial score (nSPS) is 32.1. The van der Waals surface area contributed by atoms with E-state index in [9.17, 15) is 0 Å². The van der Waals surface area contributed by atoms with Crippen LogP contribution in [0.3, 0.4) is 0 Å². The number of hydrogen-bond donors (Lipinski definition) is 0. The van der Waals surface area contributed by atoms with E-state index in [0.717, 1.165) is 12.5 Å². The maximum absolute atomic E-state index is 5.66. The number of halogens is 1. The quantitative estimate of drug-likeness (QED) is 0.722. The standard InChI is InChI=1S/C13H24BrNO/c14-10-12-4-1-7-15(11-12)8-2-5-13-6-3-9-16-13/h12-13H,1-11H2. The Bertz CT molecular complexity index is 194. The van der Waals surface area contributed by atoms with Crippen LogP contribution in [0.25, 0.3) is 0 Å². The minimum absolute atomic E-state index is 0.580. The summed E-state index contributed by atoms with van der Waals surface area (Å²) in [6, 6.07) is 0. The first-order valence-electron chi connectivity index (χ1n) is 6.78. The molecule has 0 spiro atoms. The van der Waals surface area contributed by atoms with Crippen molar-refractivity contribution in [2.45, 2.75) is 44.6 Å². The van der Waals surface area contributed by atoms with E-state index in [0.29, 0.717) is 6.10 Å². The molecule has 2 nitrogen and oxygen atoms in total. The largest absolute Gasteiger partial charge is 0.378 e. The molecule has 0 aromatic carbocycles. The zero-order chi connectivity index (χ0) is 11.2. The maximum Gasteiger partial charge on any atom is 0.0576 e. The molecule has 0 aromatic heterocycles. The Kier molecular flexibility index (Phi) is 5.60. The average Bonchev–Trinajstić information content (AvgIpc) is 2.82. The topological polar surface area (TPSA) is 12.5 Å². The Hall–Kier alpha value is 0.400. The Morgan fingerprint density at radius 1 is 1.25 bits per heavy atom. The first-order chi connectivity index (χ1) is 7.88. The van der Waals surface area contributed by atoms with E-state index < -0.39 is 0 Å². The van der Waals surface area contributed by atoms with Gasteiger partial charge in [-0.1, -0.05) is 15.9 Å². The minimum Gasteiger partial charge on any atom is -0.378 e. The molecule has 0 saturated carbocycles. The summed E-state index contributed by atoms with van der Waals surface area (Å²) in [4.78, 5) is 2.64. The summed E-state index contributed by atoms with van der Waals surface area (Å²) in [5.41, 5.74) is 0. The fourth-order valence-electron chi connectivity index (χ4n) is 2.89. The summed E-state index contributed by atoms with van der Waals surface area (Å²) in [6.45, 7) is 4.90. The molecule has 3 heteroatoms. The van der Waals surface area contributed by atoms with Gasteiger partial charge in [-0.05, 0) is 57.5 Å². The third-order valence-electron chi connectivity index (χ3n) is 3.85. The first kappa shape index (κ1) is 12.8. The number of likely N-dealkylation sites (tertiary alicyclic amines) is 1. The monoisotopic (exact) mass is 289 g/mol. The zero-order valence-electron chi connectivity index (χ0n) is 10.2. The zero-order valence-corrected chi connectivity index (χ0v) is 11.8. The second-order valence-electron chi connectivity index (χ2n) is 5.24. The lowest BCUT2D eigenvalue weighted by Crippen LogP contribution is -2.36. The summed E-state index contributed by atoms with van der Waals surface area (Å²) < 4.78 is 5.66. The molecule has 2 heterocycles. The van der Waals surface area contributed by atoms with Gasteiger partial charge >= 0.3 is 0 Å². The van der Waals surface area contributed by atoms with Crippen LogP contribution in [0.2, 0.25) is 0 Å². The molecule has 0 N–H and O–H groups in total. The van der Waals surface area contributed by atoms with Gasteiger partial charge in [-0.15, -0.1) is 0 Å². The van der Waals surface area contributed by atoms with Crippen molar-refractivity contribution in [3.05, 3.63) is 0 Å². The number of rotatable bonds is 5. The van der Waals surface area contributed by atoms with Crippen LogP contribution in [-0.4, -0.2) is 42.6 Å². The van der Waals surface area contributed by atoms with Gasteiger partial charge in [0.2, 0.25) is 0 Å². The Labute approximate surface area is 108 Å². The van der Waals surface area contributed by atoms with Crippen molar-refractivity contribution in [3.8, 4) is 0 Å². The maximum atomic E-state index is 5.66. The van der Waals surface area contributed by atoms with Gasteiger partial charge in [0, 0.05) is 18.5 Å². The van der Waals surface area contributed by atoms with Gasteiger partial charge < -0.3 is 9.64 Å². The van der Waals surface area contributed by atoms with Gasteiger partial charge in [-0.2, -0.15) is 0 Å². The van der Waals surface area contributed by atoms with Crippen LogP contribution < -0.4 is 0 Å². The average molecular weight is 290 g/mol. The number of ether oxygens (including phenoxy) is 1. The highest BCUT2D eigenvalue weighted by molar-refractivity contribution is 9.09. The highest BCUT2D eigenvalue weighted by Gasteiger charge is 2.19. The summed E-state index contributed by atoms with van der Waals surface area (Å²) in [6.07, 6.45) is 8.54. The molecule has 2 aliphatic heterocycles. The molecule has 94 valence electrons. The predicted octanol–water partition coefficient (Wildman–Crippen LogP) is 3.05. The number of nitrogens with zero attached hydrogens (tertiary/aromatic N) is 1. The van der Waals surface area contributed by atoms with E-state index in [4.69, 9.17) is 4.74 Å². The molecule has 2 aliphatic rings. The van der Waals surface area contributed by atoms with Gasteiger partial charge in [0.1, 0.15) is 0 Å². The smallest absolute Gasteiger partial charge is 0.0576 e. The summed E-state index contributed by atoms with van der Waals surface area (Å²) in [5, 5.41) is 1.18. The molecule has 2 rings (SSSR count). The summed E-state index contributed by atoms with van der Waals surface area (Å²) >= 11 is 3.61. The van der Waals surface area contributed by atoms with Crippen molar-refractivity contribution in [2.75, 3.05) is 31.6 Å². The second kappa shape index (κ2) is 6.97. The highest BCUT2D eigenvalue weighted by atomic mass is 79.9. The lowest BCUT2D eigenvalue weighted by atomic mass is 10.00. The molecule has 2 unspecified atom stereocenters. The molecule has 0 aromatic rings. The fraction of sp³-hybridized carbons (Fsp3) is 1.00. The van der Waals surface area contributed by atoms with Crippen LogP contribution in [-0.2, 0) is 4.74 Å². The fourth-order valence-corrected chi connectivity index (χ4v) is 3.42. The third-order valence-corrected chi connectivity index (χ3v) is 4.76.